The van der Waals surface area contributed by atoms with Crippen molar-refractivity contribution < 1.29 is 22.8 Å². The van der Waals surface area contributed by atoms with Gasteiger partial charge >= 0.3 is 22.8 Å². The van der Waals surface area contributed by atoms with Crippen molar-refractivity contribution in [2.24, 2.45) is 7.05 Å². The van der Waals surface area contributed by atoms with Crippen LogP contribution in [0.25, 0.3) is 0 Å². The van der Waals surface area contributed by atoms with Crippen molar-refractivity contribution in [2.45, 2.75) is 102 Å². The molecule has 2 aliphatic heterocycles. The first-order valence-electron chi connectivity index (χ1n) is 12.4. The topological polar surface area (TPSA) is 112 Å². The largest absolute Gasteiger partial charge is 0.414 e. The average Bonchev–Trinajstić information content (AvgIpc) is 3.05. The lowest BCUT2D eigenvalue weighted by molar-refractivity contribution is -0.0356. The van der Waals surface area contributed by atoms with Crippen LogP contribution in [0.15, 0.2) is 15.8 Å². The van der Waals surface area contributed by atoms with E-state index in [9.17, 15) is 14.7 Å². The maximum atomic E-state index is 12.7. The van der Waals surface area contributed by atoms with Gasteiger partial charge in [-0.3, -0.25) is 9.36 Å². The minimum atomic E-state index is -2.71. The molecule has 0 amide bonds. The van der Waals surface area contributed by atoms with Gasteiger partial charge in [0.25, 0.3) is 5.56 Å². The lowest BCUT2D eigenvalue weighted by Gasteiger charge is -2.45. The third-order valence-corrected chi connectivity index (χ3v) is 16.0. The van der Waals surface area contributed by atoms with Gasteiger partial charge in [-0.1, -0.05) is 53.4 Å². The summed E-state index contributed by atoms with van der Waals surface area (Å²) in [6.45, 7) is 8.83. The normalized spacial score (nSPS) is 28.8. The molecule has 9 nitrogen and oxygen atoms in total. The van der Waals surface area contributed by atoms with Crippen LogP contribution in [0.4, 0.5) is 0 Å². The zero-order valence-electron chi connectivity index (χ0n) is 20.6. The molecule has 3 heterocycles. The van der Waals surface area contributed by atoms with Gasteiger partial charge in [-0.05, 0) is 24.2 Å². The number of hydrogen-bond donors (Lipinski definition) is 2. The third kappa shape index (κ3) is 5.44. The molecule has 0 aromatic carbocycles. The van der Waals surface area contributed by atoms with Gasteiger partial charge in [0.2, 0.25) is 0 Å². The molecular weight excluding hydrogens is 461 g/mol. The van der Waals surface area contributed by atoms with E-state index < -0.39 is 52.8 Å². The standard InChI is InChI=1S/C22H40N2O7Si2/c1-6-10-32(11-7-2)28-15-17-20(30-33(31-32,12-8-3)13-9-4)18(25)19(29-17)16-14-23-22(27)24(5)21(16)26/h14,17-20,25H,6-13,15H2,1-5H3,(H,23,27)/t17-,18+,19+,20-/m1/s1/i24+1. The molecule has 1 aromatic rings. The summed E-state index contributed by atoms with van der Waals surface area (Å²) in [6.07, 6.45) is 2.02. The SMILES string of the molecule is CCC[Si]1(CCC)OC[C@H]2O[C@@H](c3c[nH]c(=O)[15n](C)c3=O)[C@H](O)[C@@H]2O[Si](CCC)(CCC)O1. The summed E-state index contributed by atoms with van der Waals surface area (Å²) in [7, 11) is -3.83. The van der Waals surface area contributed by atoms with E-state index in [1.54, 1.807) is 0 Å². The van der Waals surface area contributed by atoms with Crippen molar-refractivity contribution in [3.05, 3.63) is 32.6 Å². The van der Waals surface area contributed by atoms with Gasteiger partial charge in [-0.15, -0.1) is 0 Å². The van der Waals surface area contributed by atoms with Crippen molar-refractivity contribution in [2.75, 3.05) is 6.61 Å². The highest BCUT2D eigenvalue weighted by Crippen LogP contribution is 2.42. The fourth-order valence-corrected chi connectivity index (χ4v) is 15.3. The van der Waals surface area contributed by atoms with Crippen molar-refractivity contribution >= 4 is 17.1 Å². The number of nitrogens with zero attached hydrogens (tertiary/aromatic N) is 1. The zero-order chi connectivity index (χ0) is 24.2. The molecule has 2 saturated heterocycles. The van der Waals surface area contributed by atoms with E-state index in [0.29, 0.717) is 0 Å². The maximum absolute atomic E-state index is 12.7. The third-order valence-electron chi connectivity index (χ3n) is 6.61. The van der Waals surface area contributed by atoms with Crippen LogP contribution >= 0.6 is 0 Å². The molecule has 11 heteroatoms. The van der Waals surface area contributed by atoms with Crippen molar-refractivity contribution in [3.63, 3.8) is 0 Å². The minimum absolute atomic E-state index is 0.213. The Kier molecular flexibility index (Phi) is 8.92. The molecule has 0 spiro atoms. The molecule has 3 rings (SSSR count). The zero-order valence-corrected chi connectivity index (χ0v) is 22.6. The Morgan fingerprint density at radius 3 is 2.18 bits per heavy atom. The van der Waals surface area contributed by atoms with Crippen molar-refractivity contribution in [1.29, 1.82) is 0 Å². The first-order valence-corrected chi connectivity index (χ1v) is 16.9. The smallest absolute Gasteiger partial charge is 0.329 e. The number of fused-ring (bicyclic) bond motifs is 1. The van der Waals surface area contributed by atoms with Gasteiger partial charge < -0.3 is 27.8 Å². The van der Waals surface area contributed by atoms with Crippen LogP contribution in [0, 0.1) is 0 Å². The minimum Gasteiger partial charge on any atom is -0.414 e. The van der Waals surface area contributed by atoms with Gasteiger partial charge in [-0.25, -0.2) is 4.79 Å². The Balaban J connectivity index is 2.01. The lowest BCUT2D eigenvalue weighted by atomic mass is 10.0. The van der Waals surface area contributed by atoms with Gasteiger partial charge in [0, 0.05) is 13.2 Å². The predicted molar refractivity (Wildman–Crippen MR) is 130 cm³/mol. The molecule has 33 heavy (non-hydrogen) atoms. The molecule has 2 N–H and O–H groups in total. The Morgan fingerprint density at radius 1 is 1.03 bits per heavy atom. The van der Waals surface area contributed by atoms with Crippen LogP contribution in [0.2, 0.25) is 24.2 Å². The Morgan fingerprint density at radius 2 is 1.61 bits per heavy atom. The van der Waals surface area contributed by atoms with Crippen LogP contribution in [0.5, 0.6) is 0 Å². The van der Waals surface area contributed by atoms with Crippen LogP contribution in [-0.2, 0) is 24.8 Å². The molecule has 188 valence electrons. The van der Waals surface area contributed by atoms with E-state index in [1.165, 1.54) is 13.2 Å². The van der Waals surface area contributed by atoms with E-state index in [0.717, 1.165) is 54.4 Å². The molecule has 1 aromatic heterocycles. The molecule has 0 radical (unpaired) electrons. The van der Waals surface area contributed by atoms with Crippen LogP contribution in [0.3, 0.4) is 0 Å². The number of ether oxygens (including phenoxy) is 1. The molecule has 0 aliphatic carbocycles. The predicted octanol–water partition coefficient (Wildman–Crippen LogP) is 2.83. The Hall–Kier alpha value is -1.09. The highest BCUT2D eigenvalue weighted by atomic mass is 28.5. The van der Waals surface area contributed by atoms with Crippen LogP contribution in [-0.4, -0.2) is 56.7 Å². The second kappa shape index (κ2) is 11.1. The van der Waals surface area contributed by atoms with Crippen molar-refractivity contribution in [3.8, 4) is 0 Å². The summed E-state index contributed by atoms with van der Waals surface area (Å²) in [5.41, 5.74) is -0.784. The fourth-order valence-electron chi connectivity index (χ4n) is 5.18. The molecule has 2 fully saturated rings. The van der Waals surface area contributed by atoms with Gasteiger partial charge in [0.15, 0.2) is 0 Å². The Bertz CT molecular complexity index is 893. The molecule has 0 saturated carbocycles. The number of nitrogens with one attached hydrogen (secondary N) is 1. The van der Waals surface area contributed by atoms with E-state index >= 15 is 0 Å². The van der Waals surface area contributed by atoms with Crippen LogP contribution in [0.1, 0.15) is 65.0 Å². The molecular formula is C22H40N2O7Si2. The summed E-state index contributed by atoms with van der Waals surface area (Å²) in [4.78, 5) is 27.1. The van der Waals surface area contributed by atoms with Crippen LogP contribution < -0.4 is 11.2 Å². The number of rotatable bonds is 9. The quantitative estimate of drug-likeness (QED) is 0.500. The van der Waals surface area contributed by atoms with Gasteiger partial charge in [0.05, 0.1) is 12.2 Å². The highest BCUT2D eigenvalue weighted by Gasteiger charge is 2.56. The number of aromatic amines is 1. The summed E-state index contributed by atoms with van der Waals surface area (Å²) in [5.74, 6) is 0. The van der Waals surface area contributed by atoms with E-state index in [-0.39, 0.29) is 12.2 Å². The number of hydrogen-bond acceptors (Lipinski definition) is 7. The summed E-state index contributed by atoms with van der Waals surface area (Å²) in [6, 6.07) is 3.45. The molecule has 0 bridgehead atoms. The maximum Gasteiger partial charge on any atom is 0.329 e. The second-order valence-electron chi connectivity index (χ2n) is 9.32. The number of aliphatic hydroxyl groups excluding tert-OH is 1. The molecule has 4 atom stereocenters. The number of H-pyrrole nitrogens is 1. The van der Waals surface area contributed by atoms with Gasteiger partial charge in [0.1, 0.15) is 24.4 Å². The highest BCUT2D eigenvalue weighted by molar-refractivity contribution is 6.81. The van der Waals surface area contributed by atoms with E-state index in [1.807, 2.05) is 0 Å². The first kappa shape index (κ1) is 26.5. The second-order valence-corrected chi connectivity index (χ2v) is 16.3. The monoisotopic (exact) mass is 501 g/mol. The molecule has 2 aliphatic rings. The van der Waals surface area contributed by atoms with E-state index in [2.05, 4.69) is 32.7 Å². The summed E-state index contributed by atoms with van der Waals surface area (Å²) < 4.78 is 27.7. The van der Waals surface area contributed by atoms with Crippen molar-refractivity contribution in [1.82, 2.24) is 9.55 Å². The fraction of sp³-hybridized carbons (Fsp3) is 0.818. The lowest BCUT2D eigenvalue weighted by Crippen LogP contribution is -2.61. The van der Waals surface area contributed by atoms with E-state index in [4.69, 9.17) is 17.7 Å². The Labute approximate surface area is 197 Å². The molecule has 0 unspecified atom stereocenters. The number of aromatic nitrogens is 2. The average molecular weight is 502 g/mol. The number of aliphatic hydroxyl groups is 1. The summed E-state index contributed by atoms with van der Waals surface area (Å²) >= 11 is 0. The first-order chi connectivity index (χ1) is 15.7. The van der Waals surface area contributed by atoms with Gasteiger partial charge in [-0.2, -0.15) is 0 Å². The summed E-state index contributed by atoms with van der Waals surface area (Å²) in [5, 5.41) is 11.3.